The number of nitrogens with zero attached hydrogens (tertiary/aromatic N) is 2. The van der Waals surface area contributed by atoms with E-state index in [9.17, 15) is 89.8 Å². The number of ether oxygens (including phenoxy) is 8. The Morgan fingerprint density at radius 1 is 0.462 bits per heavy atom. The lowest BCUT2D eigenvalue weighted by molar-refractivity contribution is -0.465. The van der Waals surface area contributed by atoms with Gasteiger partial charge in [0, 0.05) is 42.7 Å². The van der Waals surface area contributed by atoms with Crippen LogP contribution >= 0.6 is 0 Å². The number of fused-ring (bicyclic) bond motifs is 5. The molecule has 9 atom stereocenters. The second-order valence-electron chi connectivity index (χ2n) is 40.6. The maximum atomic E-state index is 13.9. The van der Waals surface area contributed by atoms with E-state index in [2.05, 4.69) is 103 Å². The van der Waals surface area contributed by atoms with Gasteiger partial charge in [-0.3, -0.25) is 9.59 Å². The first-order valence-corrected chi connectivity index (χ1v) is 49.9. The zero-order valence-electron chi connectivity index (χ0n) is 82.5. The van der Waals surface area contributed by atoms with E-state index in [1.165, 1.54) is 172 Å². The number of likely N-dealkylation sites (tertiary alicyclic amines) is 2. The van der Waals surface area contributed by atoms with E-state index in [-0.39, 0.29) is 64.5 Å². The van der Waals surface area contributed by atoms with Gasteiger partial charge in [-0.15, -0.1) is 0 Å². The van der Waals surface area contributed by atoms with Gasteiger partial charge >= 0.3 is 60.0 Å². The highest BCUT2D eigenvalue weighted by Gasteiger charge is 2.94. The van der Waals surface area contributed by atoms with Crippen molar-refractivity contribution in [2.24, 2.45) is 64.1 Å². The highest BCUT2D eigenvalue weighted by Crippen LogP contribution is 2.68. The number of piperidine rings is 3. The number of carbonyl (C=O) groups excluding carboxylic acids is 5. The summed E-state index contributed by atoms with van der Waals surface area (Å²) in [5.41, 5.74) is 5.85. The van der Waals surface area contributed by atoms with Crippen LogP contribution in [0.4, 0.5) is 82.0 Å². The van der Waals surface area contributed by atoms with E-state index >= 15 is 0 Å². The van der Waals surface area contributed by atoms with Gasteiger partial charge in [-0.25, -0.2) is 14.4 Å². The summed E-state index contributed by atoms with van der Waals surface area (Å²) in [5.74, 6) is -35.1. The molecule has 2 unspecified atom stereocenters. The minimum atomic E-state index is -8.41. The average molecular weight is 2020 g/mol. The summed E-state index contributed by atoms with van der Waals surface area (Å²) in [5, 5.41) is 8.66. The van der Waals surface area contributed by atoms with Gasteiger partial charge in [-0.05, 0) is 370 Å². The van der Waals surface area contributed by atoms with Crippen LogP contribution < -0.4 is 39.6 Å². The van der Waals surface area contributed by atoms with E-state index in [0.717, 1.165) is 92.0 Å². The van der Waals surface area contributed by atoms with E-state index in [4.69, 9.17) is 33.2 Å². The molecular formula is C110H134F15N5O13. The molecular weight excluding hydrogens is 1880 g/mol. The molecule has 143 heavy (non-hydrogen) atoms. The second kappa shape index (κ2) is 48.9. The Morgan fingerprint density at radius 3 is 1.45 bits per heavy atom. The number of rotatable bonds is 32. The van der Waals surface area contributed by atoms with E-state index in [1.54, 1.807) is 72.8 Å². The van der Waals surface area contributed by atoms with Crippen LogP contribution in [-0.2, 0) is 27.4 Å². The van der Waals surface area contributed by atoms with Gasteiger partial charge in [0.15, 0.2) is 0 Å². The van der Waals surface area contributed by atoms with Crippen molar-refractivity contribution in [2.45, 2.75) is 256 Å². The molecule has 18 nitrogen and oxygen atoms in total. The Hall–Kier alpha value is -10.2. The van der Waals surface area contributed by atoms with Gasteiger partial charge in [0.25, 0.3) is 11.8 Å². The zero-order valence-corrected chi connectivity index (χ0v) is 82.5. The number of alkyl halides is 15. The molecule has 3 aliphatic heterocycles. The number of halogens is 15. The summed E-state index contributed by atoms with van der Waals surface area (Å²) in [4.78, 5) is 68.0. The Bertz CT molecular complexity index is 5270. The number of allylic oxidation sites excluding steroid dienone is 2. The van der Waals surface area contributed by atoms with Crippen molar-refractivity contribution in [1.82, 2.24) is 15.1 Å². The number of carbonyl (C=O) groups is 5. The van der Waals surface area contributed by atoms with Crippen molar-refractivity contribution in [1.29, 1.82) is 0 Å². The van der Waals surface area contributed by atoms with Crippen LogP contribution in [0.5, 0.6) is 28.7 Å². The van der Waals surface area contributed by atoms with Crippen molar-refractivity contribution in [3.63, 3.8) is 0 Å². The molecule has 3 saturated heterocycles. The van der Waals surface area contributed by atoms with Crippen LogP contribution in [0, 0.1) is 64.1 Å². The molecule has 4 saturated carbocycles. The molecule has 8 aliphatic rings. The molecule has 3 N–H and O–H groups in total. The van der Waals surface area contributed by atoms with Gasteiger partial charge in [0.1, 0.15) is 34.9 Å². The van der Waals surface area contributed by atoms with Crippen LogP contribution in [0.3, 0.4) is 0 Å². The number of hydrogen-bond donors (Lipinski definition) is 3. The predicted molar refractivity (Wildman–Crippen MR) is 515 cm³/mol. The maximum Gasteiger partial charge on any atom is 0.514 e. The number of esters is 2. The molecule has 7 aromatic rings. The number of methoxy groups -OCH3 is 1. The Kier molecular flexibility index (Phi) is 38.1. The van der Waals surface area contributed by atoms with Crippen molar-refractivity contribution in [3.8, 4) is 28.7 Å². The summed E-state index contributed by atoms with van der Waals surface area (Å²) >= 11 is 0. The van der Waals surface area contributed by atoms with Crippen LogP contribution in [0.15, 0.2) is 182 Å². The summed E-state index contributed by atoms with van der Waals surface area (Å²) in [6.45, 7) is 23.0. The average Bonchev–Trinajstić information content (AvgIpc) is 1.57. The van der Waals surface area contributed by atoms with E-state index < -0.39 is 71.6 Å². The second-order valence-corrected chi connectivity index (χ2v) is 40.6. The molecule has 33 heteroatoms. The van der Waals surface area contributed by atoms with Gasteiger partial charge in [-0.2, -0.15) is 65.9 Å². The largest absolute Gasteiger partial charge is 0.514 e. The molecule has 0 spiro atoms. The molecule has 7 aromatic carbocycles. The van der Waals surface area contributed by atoms with Crippen LogP contribution in [0.1, 0.15) is 247 Å². The Labute approximate surface area is 827 Å². The van der Waals surface area contributed by atoms with Crippen LogP contribution in [0.2, 0.25) is 0 Å². The number of amides is 2. The molecule has 15 rings (SSSR count). The lowest BCUT2D eigenvalue weighted by atomic mass is 9.46. The third-order valence-electron chi connectivity index (χ3n) is 30.3. The summed E-state index contributed by atoms with van der Waals surface area (Å²) in [7, 11) is 5.82. The van der Waals surface area contributed by atoms with Gasteiger partial charge in [-0.1, -0.05) is 122 Å². The highest BCUT2D eigenvalue weighted by atomic mass is 19.4. The summed E-state index contributed by atoms with van der Waals surface area (Å²) in [6, 6.07) is 42.8. The lowest BCUT2D eigenvalue weighted by Gasteiger charge is -2.59. The number of benzene rings is 7. The van der Waals surface area contributed by atoms with Gasteiger partial charge in [0.05, 0.1) is 37.1 Å². The molecule has 3 heterocycles. The van der Waals surface area contributed by atoms with E-state index in [0.29, 0.717) is 88.7 Å². The molecule has 0 bridgehead atoms. The minimum Gasteiger partial charge on any atom is -0.494 e. The molecule has 2 amide bonds. The van der Waals surface area contributed by atoms with Crippen molar-refractivity contribution in [3.05, 3.63) is 221 Å². The monoisotopic (exact) mass is 2020 g/mol. The fourth-order valence-electron chi connectivity index (χ4n) is 21.8. The van der Waals surface area contributed by atoms with Crippen molar-refractivity contribution in [2.75, 3.05) is 77.7 Å². The normalized spacial score (nSPS) is 22.6. The molecule has 5 aliphatic carbocycles. The van der Waals surface area contributed by atoms with Crippen molar-refractivity contribution < 1.29 is 128 Å². The molecule has 0 radical (unpaired) electrons. The first-order chi connectivity index (χ1) is 67.7. The number of anilines is 2. The fourth-order valence-corrected chi connectivity index (χ4v) is 21.8. The third kappa shape index (κ3) is 28.0. The van der Waals surface area contributed by atoms with E-state index in [1.807, 2.05) is 43.3 Å². The first kappa shape index (κ1) is 112. The van der Waals surface area contributed by atoms with Crippen LogP contribution in [-0.4, -0.2) is 161 Å². The van der Waals surface area contributed by atoms with Gasteiger partial charge in [0.2, 0.25) is 0 Å². The quantitative estimate of drug-likeness (QED) is 0.0118. The van der Waals surface area contributed by atoms with Crippen LogP contribution in [0.25, 0.3) is 0 Å². The van der Waals surface area contributed by atoms with Crippen molar-refractivity contribution >= 4 is 41.3 Å². The topological polar surface area (TPSA) is 202 Å². The predicted octanol–water partition coefficient (Wildman–Crippen LogP) is 27.4. The molecule has 0 aromatic heterocycles. The fraction of sp³-hybridized carbons (Fsp3) is 0.555. The number of nitrogens with one attached hydrogen (secondary N) is 3. The minimum absolute atomic E-state index is 0.0485. The summed E-state index contributed by atoms with van der Waals surface area (Å²) in [6.07, 6.45) is 18.1. The zero-order chi connectivity index (χ0) is 103. The summed E-state index contributed by atoms with van der Waals surface area (Å²) < 4.78 is 241. The Morgan fingerprint density at radius 2 is 0.923 bits per heavy atom. The first-order valence-electron chi connectivity index (χ1n) is 49.9. The third-order valence-corrected chi connectivity index (χ3v) is 30.3. The smallest absolute Gasteiger partial charge is 0.494 e. The standard InChI is InChI=1S/C50H62O8.C26H34N2O2.C22H14F15NO3.C12H24N2/c1-7-54-37-16-11-34(12-17-37)46(51)55-38-20-22-39(23-21-38)56-47(52)35-13-18-40(19-14-35)57-48(53)58-41-27-29-49(5)36(31-41)15-24-42-44-26-25-43(33(4)10-8-9-32(2)3)50(44,6)30-28-45(42)49;1-28-17-15-25(16-18-28)30-19-20-7-9-23(10-8-20)26(29)27-24-13-11-22(12-14-24)21-5-3-2-4-6-21;1-40-10-11-2-4-12(5-3-11)15(39)38-13-6-8-14(9-7-13)41-22(36,37)20(31,32)18(27,28)16(23,24)17(25,26)19(29,30)21(33,34)35;1-14-8-4-12(5-9-14)10-11-2-6-13-7-3-11/h11-24,32-33,36,41-45H,7-10,25-31H2,1-6H3;7-14,21,25H,2-6,15-19H2,1H3,(H,27,29);2-9H,10H2,1H3,(H,38,39);11-13H,2-10H2,1H3/t33-,36?,41?,42+,43-,44+,45+,49+,50-;;;/m0.../s1. The Balaban J connectivity index is 0.000000186. The highest BCUT2D eigenvalue weighted by molar-refractivity contribution is 6.05. The number of hydrogen-bond acceptors (Lipinski definition) is 16. The van der Waals surface area contributed by atoms with Gasteiger partial charge < -0.3 is 63.6 Å². The lowest BCUT2D eigenvalue weighted by Crippen LogP contribution is -2.73. The molecule has 782 valence electrons. The molecule has 7 fully saturated rings. The SMILES string of the molecule is CCOc1ccc(C(=O)Oc2ccc(OC(=O)c3ccc(OC(=O)OC4CC[C@]5(C)C(C=C[C@@H]6[C@H]7CC[C@@H]([C@@H](C)CCCC(C)C)[C@]7(C)CC[C@H]65)C4)cc3)cc2)cc1.CN1CCC(CC2CCNCC2)CC1.CN1CCC(OCc2ccc(C(=O)Nc3ccc(C4CCCCC4)cc3)cc2)CC1.COCc1ccc(C(=O)Nc2ccc(OC(F)(F)C(F)(F)C(F)(F)C(F)(F)C(F)(F)C(F)(F)C(F)(F)F)cc2)cc1. The maximum absolute atomic E-state index is 13.9.